The van der Waals surface area contributed by atoms with Crippen LogP contribution < -0.4 is 4.74 Å². The molecule has 2 atom stereocenters. The number of halogens is 3. The first-order valence-corrected chi connectivity index (χ1v) is 7.09. The lowest BCUT2D eigenvalue weighted by Gasteiger charge is -2.29. The van der Waals surface area contributed by atoms with Crippen LogP contribution >= 0.6 is 0 Å². The maximum atomic E-state index is 12.9. The Morgan fingerprint density at radius 3 is 2.76 bits per heavy atom. The van der Waals surface area contributed by atoms with Crippen molar-refractivity contribution in [2.24, 2.45) is 11.8 Å². The molecule has 0 aliphatic heterocycles. The second-order valence-corrected chi connectivity index (χ2v) is 5.34. The van der Waals surface area contributed by atoms with E-state index in [4.69, 9.17) is 4.74 Å². The van der Waals surface area contributed by atoms with Gasteiger partial charge in [-0.1, -0.05) is 6.42 Å². The molecule has 0 spiro atoms. The van der Waals surface area contributed by atoms with Crippen LogP contribution in [0, 0.1) is 11.8 Å². The average Bonchev–Trinajstić information content (AvgIpc) is 2.88. The van der Waals surface area contributed by atoms with Gasteiger partial charge in [0.2, 0.25) is 0 Å². The van der Waals surface area contributed by atoms with E-state index < -0.39 is 18.0 Å². The molecular formula is C14H19F3N2O2. The molecule has 1 aliphatic carbocycles. The highest BCUT2D eigenvalue weighted by Gasteiger charge is 2.44. The largest absolute Gasteiger partial charge is 0.493 e. The van der Waals surface area contributed by atoms with Crippen molar-refractivity contribution in [3.8, 4) is 5.75 Å². The van der Waals surface area contributed by atoms with Crippen molar-refractivity contribution in [2.45, 2.75) is 45.3 Å². The summed E-state index contributed by atoms with van der Waals surface area (Å²) < 4.78 is 45.2. The van der Waals surface area contributed by atoms with E-state index in [1.165, 1.54) is 18.0 Å². The molecule has 0 bridgehead atoms. The van der Waals surface area contributed by atoms with E-state index >= 15 is 0 Å². The topological polar surface area (TPSA) is 44.1 Å². The highest BCUT2D eigenvalue weighted by atomic mass is 19.4. The predicted molar refractivity (Wildman–Crippen MR) is 70.3 cm³/mol. The number of nitrogens with zero attached hydrogens (tertiary/aromatic N) is 2. The fraction of sp³-hybridized carbons (Fsp3) is 0.714. The van der Waals surface area contributed by atoms with Crippen molar-refractivity contribution >= 4 is 5.78 Å². The van der Waals surface area contributed by atoms with E-state index in [0.29, 0.717) is 25.1 Å². The molecule has 1 aliphatic rings. The van der Waals surface area contributed by atoms with Crippen LogP contribution in [0.25, 0.3) is 0 Å². The molecule has 1 aromatic heterocycles. The number of hydrogen-bond donors (Lipinski definition) is 0. The van der Waals surface area contributed by atoms with Crippen LogP contribution in [0.4, 0.5) is 13.2 Å². The van der Waals surface area contributed by atoms with Crippen LogP contribution in [-0.2, 0) is 6.54 Å². The van der Waals surface area contributed by atoms with E-state index in [-0.39, 0.29) is 24.3 Å². The summed E-state index contributed by atoms with van der Waals surface area (Å²) in [7, 11) is 1.42. The molecule has 0 aromatic carbocycles. The maximum Gasteiger partial charge on any atom is 0.391 e. The fourth-order valence-corrected chi connectivity index (χ4v) is 2.92. The quantitative estimate of drug-likeness (QED) is 0.800. The molecule has 2 rings (SSSR count). The van der Waals surface area contributed by atoms with Crippen LogP contribution in [0.2, 0.25) is 0 Å². The van der Waals surface area contributed by atoms with Gasteiger partial charge < -0.3 is 4.74 Å². The fourth-order valence-electron chi connectivity index (χ4n) is 2.92. The van der Waals surface area contributed by atoms with Gasteiger partial charge in [-0.3, -0.25) is 9.48 Å². The van der Waals surface area contributed by atoms with Gasteiger partial charge in [-0.05, 0) is 26.2 Å². The Morgan fingerprint density at radius 2 is 2.19 bits per heavy atom. The van der Waals surface area contributed by atoms with Crippen molar-refractivity contribution in [1.82, 2.24) is 9.78 Å². The van der Waals surface area contributed by atoms with Crippen molar-refractivity contribution in [2.75, 3.05) is 7.11 Å². The number of aromatic nitrogens is 2. The summed E-state index contributed by atoms with van der Waals surface area (Å²) in [5.74, 6) is -1.96. The number of rotatable bonds is 4. The van der Waals surface area contributed by atoms with Gasteiger partial charge in [0.15, 0.2) is 11.5 Å². The first-order chi connectivity index (χ1) is 9.88. The van der Waals surface area contributed by atoms with Crippen molar-refractivity contribution < 1.29 is 22.7 Å². The van der Waals surface area contributed by atoms with Crippen molar-refractivity contribution in [3.63, 3.8) is 0 Å². The summed E-state index contributed by atoms with van der Waals surface area (Å²) in [6.45, 7) is 2.29. The van der Waals surface area contributed by atoms with Crippen LogP contribution in [0.1, 0.15) is 43.1 Å². The number of carbonyl (C=O) groups excluding carboxylic acids is 1. The van der Waals surface area contributed by atoms with Gasteiger partial charge >= 0.3 is 6.18 Å². The zero-order chi connectivity index (χ0) is 15.6. The number of alkyl halides is 3. The van der Waals surface area contributed by atoms with Crippen LogP contribution in [0.15, 0.2) is 6.20 Å². The van der Waals surface area contributed by atoms with E-state index in [0.717, 1.165) is 0 Å². The number of carbonyl (C=O) groups is 1. The normalized spacial score (nSPS) is 23.1. The SMILES string of the molecule is CCn1ncc(OC)c1C(=O)C1CCCC(C(F)(F)F)C1. The third-order valence-electron chi connectivity index (χ3n) is 4.07. The number of ketones is 1. The third-order valence-corrected chi connectivity index (χ3v) is 4.07. The van der Waals surface area contributed by atoms with E-state index in [1.54, 1.807) is 0 Å². The molecule has 0 N–H and O–H groups in total. The standard InChI is InChI=1S/C14H19F3N2O2/c1-3-19-12(11(21-2)8-18-19)13(20)9-5-4-6-10(7-9)14(15,16)17/h8-10H,3-7H2,1-2H3. The van der Waals surface area contributed by atoms with Crippen LogP contribution in [-0.4, -0.2) is 28.8 Å². The summed E-state index contributed by atoms with van der Waals surface area (Å²) in [4.78, 5) is 12.6. The molecule has 4 nitrogen and oxygen atoms in total. The summed E-state index contributed by atoms with van der Waals surface area (Å²) in [6, 6.07) is 0. The molecule has 0 radical (unpaired) electrons. The molecule has 1 heterocycles. The first kappa shape index (κ1) is 15.9. The highest BCUT2D eigenvalue weighted by molar-refractivity contribution is 5.98. The monoisotopic (exact) mass is 304 g/mol. The van der Waals surface area contributed by atoms with Crippen molar-refractivity contribution in [1.29, 1.82) is 0 Å². The van der Waals surface area contributed by atoms with Gasteiger partial charge in [0.05, 0.1) is 19.2 Å². The van der Waals surface area contributed by atoms with E-state index in [1.807, 2.05) is 6.92 Å². The average molecular weight is 304 g/mol. The van der Waals surface area contributed by atoms with Gasteiger partial charge in [-0.15, -0.1) is 0 Å². The summed E-state index contributed by atoms with van der Waals surface area (Å²) >= 11 is 0. The highest BCUT2D eigenvalue weighted by Crippen LogP contribution is 2.41. The molecular weight excluding hydrogens is 285 g/mol. The summed E-state index contributed by atoms with van der Waals surface area (Å²) in [5, 5.41) is 4.04. The smallest absolute Gasteiger partial charge is 0.391 e. The Bertz CT molecular complexity index is 489. The van der Waals surface area contributed by atoms with Gasteiger partial charge in [0, 0.05) is 12.5 Å². The Balaban J connectivity index is 2.22. The molecule has 7 heteroatoms. The number of Topliss-reactive ketones (excluding diaryl/α,β-unsaturated/α-hetero) is 1. The zero-order valence-corrected chi connectivity index (χ0v) is 12.1. The lowest BCUT2D eigenvalue weighted by Crippen LogP contribution is -2.32. The minimum Gasteiger partial charge on any atom is -0.493 e. The lowest BCUT2D eigenvalue weighted by molar-refractivity contribution is -0.184. The lowest BCUT2D eigenvalue weighted by atomic mass is 9.78. The Hall–Kier alpha value is -1.53. The zero-order valence-electron chi connectivity index (χ0n) is 12.1. The molecule has 0 amide bonds. The van der Waals surface area contributed by atoms with E-state index in [2.05, 4.69) is 5.10 Å². The number of methoxy groups -OCH3 is 1. The molecule has 1 aromatic rings. The minimum absolute atomic E-state index is 0.109. The van der Waals surface area contributed by atoms with Gasteiger partial charge in [-0.2, -0.15) is 18.3 Å². The summed E-state index contributed by atoms with van der Waals surface area (Å²) in [6.07, 6.45) is -1.92. The molecule has 118 valence electrons. The van der Waals surface area contributed by atoms with Crippen LogP contribution in [0.3, 0.4) is 0 Å². The molecule has 2 unspecified atom stereocenters. The number of aryl methyl sites for hydroxylation is 1. The van der Waals surface area contributed by atoms with Gasteiger partial charge in [-0.25, -0.2) is 0 Å². The van der Waals surface area contributed by atoms with Gasteiger partial charge in [0.1, 0.15) is 5.69 Å². The molecule has 0 saturated heterocycles. The Morgan fingerprint density at radius 1 is 1.48 bits per heavy atom. The Kier molecular flexibility index (Phi) is 4.58. The maximum absolute atomic E-state index is 12.9. The first-order valence-electron chi connectivity index (χ1n) is 7.09. The Labute approximate surface area is 121 Å². The van der Waals surface area contributed by atoms with Crippen molar-refractivity contribution in [3.05, 3.63) is 11.9 Å². The second-order valence-electron chi connectivity index (χ2n) is 5.34. The molecule has 1 saturated carbocycles. The summed E-state index contributed by atoms with van der Waals surface area (Å²) in [5.41, 5.74) is 0.285. The molecule has 21 heavy (non-hydrogen) atoms. The minimum atomic E-state index is -4.23. The molecule has 1 fully saturated rings. The van der Waals surface area contributed by atoms with Crippen LogP contribution in [0.5, 0.6) is 5.75 Å². The van der Waals surface area contributed by atoms with Gasteiger partial charge in [0.25, 0.3) is 0 Å². The van der Waals surface area contributed by atoms with E-state index in [9.17, 15) is 18.0 Å². The third kappa shape index (κ3) is 3.22. The number of ether oxygens (including phenoxy) is 1. The predicted octanol–water partition coefficient (Wildman–Crippen LogP) is 3.46. The number of hydrogen-bond acceptors (Lipinski definition) is 3. The second kappa shape index (κ2) is 6.07.